The number of aliphatic hydroxyl groups is 6. The highest BCUT2D eigenvalue weighted by Crippen LogP contribution is 2.36. The predicted molar refractivity (Wildman–Crippen MR) is 69.0 cm³/mol. The van der Waals surface area contributed by atoms with E-state index in [0.29, 0.717) is 0 Å². The molecule has 1 fully saturated rings. The molecule has 0 aromatic rings. The van der Waals surface area contributed by atoms with E-state index in [4.69, 9.17) is 5.11 Å². The van der Waals surface area contributed by atoms with E-state index in [1.807, 2.05) is 0 Å². The molecule has 0 saturated heterocycles. The minimum absolute atomic E-state index is 0.0701. The smallest absolute Gasteiger partial charge is 0.218 e. The quantitative estimate of drug-likeness (QED) is 0.188. The molecule has 1 aliphatic rings. The van der Waals surface area contributed by atoms with Crippen LogP contribution in [0.4, 0.5) is 0 Å². The Morgan fingerprint density at radius 2 is 1.82 bits per heavy atom. The lowest BCUT2D eigenvalue weighted by molar-refractivity contribution is -0.0769. The van der Waals surface area contributed by atoms with Crippen LogP contribution in [0, 0.1) is 11.8 Å². The molecule has 0 aromatic carbocycles. The lowest BCUT2D eigenvalue weighted by Gasteiger charge is -2.29. The van der Waals surface area contributed by atoms with Gasteiger partial charge in [-0.3, -0.25) is 4.18 Å². The molecule has 132 valence electrons. The second kappa shape index (κ2) is 7.95. The standard InChI is InChI=1S/C11H22O10S/c12-3-6-5(1-7(14)10(6)16)2-8(15)11(17)9(4-13)21-22(18,19)20/h5-17H,1-4H2,(H,18,19,20)/p-1/t5-,6-,7+,8-,9+,10+,11+/m0/s1. The third-order valence-electron chi connectivity index (χ3n) is 3.93. The molecule has 0 unspecified atom stereocenters. The van der Waals surface area contributed by atoms with Gasteiger partial charge in [-0.25, -0.2) is 8.42 Å². The predicted octanol–water partition coefficient (Wildman–Crippen LogP) is -3.71. The maximum absolute atomic E-state index is 10.5. The van der Waals surface area contributed by atoms with E-state index in [1.165, 1.54) is 0 Å². The van der Waals surface area contributed by atoms with Crippen molar-refractivity contribution in [2.24, 2.45) is 11.8 Å². The lowest BCUT2D eigenvalue weighted by Crippen LogP contribution is -2.43. The van der Waals surface area contributed by atoms with E-state index in [9.17, 15) is 38.5 Å². The molecule has 6 N–H and O–H groups in total. The molecule has 0 bridgehead atoms. The van der Waals surface area contributed by atoms with Crippen LogP contribution in [0.3, 0.4) is 0 Å². The zero-order chi connectivity index (χ0) is 17.1. The van der Waals surface area contributed by atoms with E-state index in [-0.39, 0.29) is 12.8 Å². The minimum atomic E-state index is -5.18. The topological polar surface area (TPSA) is 188 Å². The van der Waals surface area contributed by atoms with Crippen molar-refractivity contribution in [3.8, 4) is 0 Å². The van der Waals surface area contributed by atoms with Gasteiger partial charge in [0.15, 0.2) is 0 Å². The monoisotopic (exact) mass is 345 g/mol. The lowest BCUT2D eigenvalue weighted by atomic mass is 9.88. The van der Waals surface area contributed by atoms with E-state index in [0.717, 1.165) is 0 Å². The minimum Gasteiger partial charge on any atom is -0.726 e. The summed E-state index contributed by atoms with van der Waals surface area (Å²) in [7, 11) is -5.18. The van der Waals surface area contributed by atoms with Crippen molar-refractivity contribution in [2.75, 3.05) is 13.2 Å². The van der Waals surface area contributed by atoms with Crippen LogP contribution in [0.15, 0.2) is 0 Å². The Labute approximate surface area is 127 Å². The molecule has 11 heteroatoms. The summed E-state index contributed by atoms with van der Waals surface area (Å²) in [5.74, 6) is -1.25. The van der Waals surface area contributed by atoms with Gasteiger partial charge in [0.05, 0.1) is 24.9 Å². The Balaban J connectivity index is 2.68. The number of rotatable bonds is 8. The first-order valence-corrected chi connectivity index (χ1v) is 8.02. The van der Waals surface area contributed by atoms with Gasteiger partial charge in [0.2, 0.25) is 10.4 Å². The molecular formula is C11H21O10S-. The van der Waals surface area contributed by atoms with Gasteiger partial charge in [0.25, 0.3) is 0 Å². The summed E-state index contributed by atoms with van der Waals surface area (Å²) >= 11 is 0. The molecule has 1 rings (SSSR count). The summed E-state index contributed by atoms with van der Waals surface area (Å²) in [5, 5.41) is 56.9. The van der Waals surface area contributed by atoms with E-state index >= 15 is 0 Å². The van der Waals surface area contributed by atoms with Gasteiger partial charge in [-0.1, -0.05) is 0 Å². The van der Waals surface area contributed by atoms with Crippen molar-refractivity contribution < 1.29 is 47.8 Å². The first-order valence-electron chi connectivity index (χ1n) is 6.68. The van der Waals surface area contributed by atoms with Crippen LogP contribution in [0.25, 0.3) is 0 Å². The fourth-order valence-electron chi connectivity index (χ4n) is 2.76. The number of hydrogen-bond donors (Lipinski definition) is 6. The molecule has 0 aromatic heterocycles. The van der Waals surface area contributed by atoms with Crippen LogP contribution < -0.4 is 0 Å². The zero-order valence-corrected chi connectivity index (χ0v) is 12.4. The first kappa shape index (κ1) is 19.7. The molecule has 22 heavy (non-hydrogen) atoms. The van der Waals surface area contributed by atoms with Gasteiger partial charge in [-0.15, -0.1) is 0 Å². The van der Waals surface area contributed by atoms with Gasteiger partial charge in [-0.05, 0) is 18.8 Å². The summed E-state index contributed by atoms with van der Waals surface area (Å²) in [5.41, 5.74) is 0. The highest BCUT2D eigenvalue weighted by atomic mass is 32.3. The third-order valence-corrected chi connectivity index (χ3v) is 4.42. The summed E-state index contributed by atoms with van der Waals surface area (Å²) in [6.07, 6.45) is -7.68. The average molecular weight is 345 g/mol. The Bertz CT molecular complexity index is 440. The molecule has 0 aliphatic heterocycles. The molecule has 7 atom stereocenters. The van der Waals surface area contributed by atoms with Crippen LogP contribution in [0.1, 0.15) is 12.8 Å². The zero-order valence-electron chi connectivity index (χ0n) is 11.6. The summed E-state index contributed by atoms with van der Waals surface area (Å²) in [6, 6.07) is 0. The SMILES string of the molecule is O=S(=O)([O-])O[C@H](CO)[C@H](O)[C@@H](O)C[C@@H]1C[C@@H](O)[C@H](O)[C@H]1CO. The molecule has 10 nitrogen and oxygen atoms in total. The summed E-state index contributed by atoms with van der Waals surface area (Å²) < 4.78 is 35.4. The second-order valence-corrected chi connectivity index (χ2v) is 6.43. The molecule has 1 aliphatic carbocycles. The van der Waals surface area contributed by atoms with E-state index in [1.54, 1.807) is 0 Å². The van der Waals surface area contributed by atoms with Crippen molar-refractivity contribution in [3.05, 3.63) is 0 Å². The van der Waals surface area contributed by atoms with Crippen molar-refractivity contribution in [3.63, 3.8) is 0 Å². The number of hydrogen-bond acceptors (Lipinski definition) is 10. The highest BCUT2D eigenvalue weighted by Gasteiger charge is 2.43. The van der Waals surface area contributed by atoms with Gasteiger partial charge in [0, 0.05) is 12.5 Å². The Hall–Kier alpha value is -0.370. The Morgan fingerprint density at radius 1 is 1.23 bits per heavy atom. The first-order chi connectivity index (χ1) is 10.1. The Kier molecular flexibility index (Phi) is 7.11. The largest absolute Gasteiger partial charge is 0.726 e. The number of aliphatic hydroxyl groups excluding tert-OH is 6. The molecule has 0 radical (unpaired) electrons. The van der Waals surface area contributed by atoms with E-state index in [2.05, 4.69) is 4.18 Å². The van der Waals surface area contributed by atoms with Crippen molar-refractivity contribution in [1.82, 2.24) is 0 Å². The van der Waals surface area contributed by atoms with Crippen LogP contribution in [-0.4, -0.2) is 87.3 Å². The highest BCUT2D eigenvalue weighted by molar-refractivity contribution is 7.80. The van der Waals surface area contributed by atoms with Gasteiger partial charge < -0.3 is 35.2 Å². The van der Waals surface area contributed by atoms with Crippen molar-refractivity contribution >= 4 is 10.4 Å². The third kappa shape index (κ3) is 5.08. The average Bonchev–Trinajstić information content (AvgIpc) is 2.68. The normalized spacial score (nSPS) is 33.6. The summed E-state index contributed by atoms with van der Waals surface area (Å²) in [4.78, 5) is 0. The van der Waals surface area contributed by atoms with Crippen LogP contribution in [0.2, 0.25) is 0 Å². The maximum Gasteiger partial charge on any atom is 0.218 e. The fourth-order valence-corrected chi connectivity index (χ4v) is 3.24. The van der Waals surface area contributed by atoms with Gasteiger partial charge in [0.1, 0.15) is 12.2 Å². The van der Waals surface area contributed by atoms with Crippen LogP contribution in [-0.2, 0) is 14.6 Å². The Morgan fingerprint density at radius 3 is 2.27 bits per heavy atom. The molecule has 0 spiro atoms. The molecule has 1 saturated carbocycles. The molecule has 0 heterocycles. The van der Waals surface area contributed by atoms with Gasteiger partial charge >= 0.3 is 0 Å². The second-order valence-electron chi connectivity index (χ2n) is 5.42. The van der Waals surface area contributed by atoms with E-state index < -0.39 is 66.0 Å². The maximum atomic E-state index is 10.5. The van der Waals surface area contributed by atoms with Crippen LogP contribution in [0.5, 0.6) is 0 Å². The van der Waals surface area contributed by atoms with Crippen LogP contribution >= 0.6 is 0 Å². The molecular weight excluding hydrogens is 324 g/mol. The fraction of sp³-hybridized carbons (Fsp3) is 1.00. The summed E-state index contributed by atoms with van der Waals surface area (Å²) in [6.45, 7) is -1.46. The molecule has 0 amide bonds. The van der Waals surface area contributed by atoms with Gasteiger partial charge in [-0.2, -0.15) is 0 Å². The van der Waals surface area contributed by atoms with Crippen molar-refractivity contribution in [1.29, 1.82) is 0 Å². The van der Waals surface area contributed by atoms with Crippen molar-refractivity contribution in [2.45, 2.75) is 43.4 Å².